The molecule has 0 saturated carbocycles. The van der Waals surface area contributed by atoms with Crippen molar-refractivity contribution in [3.63, 3.8) is 0 Å². The van der Waals surface area contributed by atoms with E-state index in [1.165, 1.54) is 5.56 Å². The lowest BCUT2D eigenvalue weighted by atomic mass is 9.89. The quantitative estimate of drug-likeness (QED) is 0.446. The van der Waals surface area contributed by atoms with Crippen LogP contribution in [0.3, 0.4) is 0 Å². The molecule has 2 aromatic heterocycles. The Bertz CT molecular complexity index is 648. The molecule has 3 nitrogen and oxygen atoms in total. The number of thiophene rings is 1. The van der Waals surface area contributed by atoms with Gasteiger partial charge in [0.1, 0.15) is 17.1 Å². The molecule has 26 heavy (non-hydrogen) atoms. The van der Waals surface area contributed by atoms with Gasteiger partial charge >= 0.3 is 0 Å². The van der Waals surface area contributed by atoms with Crippen molar-refractivity contribution in [2.45, 2.75) is 57.7 Å². The molecule has 2 heterocycles. The van der Waals surface area contributed by atoms with Crippen molar-refractivity contribution in [3.8, 4) is 0 Å². The zero-order chi connectivity index (χ0) is 18.8. The van der Waals surface area contributed by atoms with Gasteiger partial charge in [-0.2, -0.15) is 11.3 Å². The van der Waals surface area contributed by atoms with Gasteiger partial charge in [0.05, 0.1) is 6.54 Å². The Hall–Kier alpha value is -1.62. The average molecular weight is 374 g/mol. The third kappa shape index (κ3) is 5.97. The number of allylic oxidation sites excluding steroid dienone is 2. The summed E-state index contributed by atoms with van der Waals surface area (Å²) in [4.78, 5) is 2.39. The van der Waals surface area contributed by atoms with Gasteiger partial charge in [-0.1, -0.05) is 19.1 Å². The van der Waals surface area contributed by atoms with E-state index in [0.717, 1.165) is 44.7 Å². The first-order valence-electron chi connectivity index (χ1n) is 9.38. The van der Waals surface area contributed by atoms with Crippen molar-refractivity contribution in [3.05, 3.63) is 71.4 Å². The molecular weight excluding hydrogens is 342 g/mol. The molecule has 0 bridgehead atoms. The zero-order valence-corrected chi connectivity index (χ0v) is 16.6. The van der Waals surface area contributed by atoms with Crippen LogP contribution < -0.4 is 0 Å². The summed E-state index contributed by atoms with van der Waals surface area (Å²) in [7, 11) is 0. The van der Waals surface area contributed by atoms with E-state index < -0.39 is 5.60 Å². The smallest absolute Gasteiger partial charge is 0.135 e. The van der Waals surface area contributed by atoms with Gasteiger partial charge < -0.3 is 9.52 Å². The third-order valence-corrected chi connectivity index (χ3v) is 5.28. The Balaban J connectivity index is 2.09. The average Bonchev–Trinajstić information content (AvgIpc) is 3.31. The molecule has 2 rings (SSSR count). The molecule has 0 spiro atoms. The molecule has 0 unspecified atom stereocenters. The largest absolute Gasteiger partial charge is 0.462 e. The highest BCUT2D eigenvalue weighted by Crippen LogP contribution is 2.33. The number of aliphatic hydroxyl groups is 1. The second-order valence-electron chi connectivity index (χ2n) is 6.79. The first-order valence-corrected chi connectivity index (χ1v) is 10.3. The van der Waals surface area contributed by atoms with Crippen LogP contribution in [-0.2, 0) is 18.7 Å². The highest BCUT2D eigenvalue weighted by atomic mass is 32.1. The van der Waals surface area contributed by atoms with Crippen LogP contribution in [-0.4, -0.2) is 16.6 Å². The van der Waals surface area contributed by atoms with E-state index in [4.69, 9.17) is 4.42 Å². The van der Waals surface area contributed by atoms with Gasteiger partial charge in [0, 0.05) is 6.54 Å². The lowest BCUT2D eigenvalue weighted by Crippen LogP contribution is -2.25. The van der Waals surface area contributed by atoms with Crippen molar-refractivity contribution >= 4 is 11.3 Å². The van der Waals surface area contributed by atoms with Gasteiger partial charge in [-0.3, -0.25) is 4.90 Å². The highest BCUT2D eigenvalue weighted by Gasteiger charge is 2.31. The first-order chi connectivity index (χ1) is 12.6. The number of furan rings is 1. The molecule has 4 heteroatoms. The minimum Gasteiger partial charge on any atom is -0.462 e. The minimum absolute atomic E-state index is 0.616. The van der Waals surface area contributed by atoms with Crippen molar-refractivity contribution < 1.29 is 9.52 Å². The molecular formula is C22H31NO2S. The van der Waals surface area contributed by atoms with E-state index in [1.54, 1.807) is 11.3 Å². The summed E-state index contributed by atoms with van der Waals surface area (Å²) in [5, 5.41) is 15.4. The fraction of sp³-hybridized carbons (Fsp3) is 0.455. The Morgan fingerprint density at radius 1 is 1.15 bits per heavy atom. The first kappa shape index (κ1) is 20.7. The molecule has 142 valence electrons. The topological polar surface area (TPSA) is 36.6 Å². The minimum atomic E-state index is -0.955. The Morgan fingerprint density at radius 2 is 1.88 bits per heavy atom. The van der Waals surface area contributed by atoms with Crippen LogP contribution in [0.15, 0.2) is 58.7 Å². The van der Waals surface area contributed by atoms with Crippen LogP contribution in [0.25, 0.3) is 0 Å². The van der Waals surface area contributed by atoms with Gasteiger partial charge in [-0.05, 0) is 73.2 Å². The summed E-state index contributed by atoms with van der Waals surface area (Å²) >= 11 is 1.73. The summed E-state index contributed by atoms with van der Waals surface area (Å²) in [6, 6.07) is 6.10. The van der Waals surface area contributed by atoms with Crippen LogP contribution in [0.1, 0.15) is 56.1 Å². The zero-order valence-electron chi connectivity index (χ0n) is 15.8. The normalized spacial score (nSPS) is 11.8. The van der Waals surface area contributed by atoms with Crippen LogP contribution >= 0.6 is 11.3 Å². The number of nitrogens with zero attached hydrogens (tertiary/aromatic N) is 1. The van der Waals surface area contributed by atoms with E-state index >= 15 is 0 Å². The van der Waals surface area contributed by atoms with Gasteiger partial charge in [0.15, 0.2) is 0 Å². The van der Waals surface area contributed by atoms with Crippen molar-refractivity contribution in [1.82, 2.24) is 4.90 Å². The van der Waals surface area contributed by atoms with Gasteiger partial charge in [0.25, 0.3) is 0 Å². The molecule has 0 aliphatic rings. The highest BCUT2D eigenvalue weighted by molar-refractivity contribution is 7.07. The molecule has 0 aliphatic carbocycles. The fourth-order valence-corrected chi connectivity index (χ4v) is 3.82. The maximum absolute atomic E-state index is 11.1. The SMILES string of the molecule is C=CCCC(O)(CCC=C)c1ccc(CN(CCC)Cc2ccsc2)o1. The lowest BCUT2D eigenvalue weighted by molar-refractivity contribution is -0.00214. The lowest BCUT2D eigenvalue weighted by Gasteiger charge is -2.25. The number of hydrogen-bond donors (Lipinski definition) is 1. The molecule has 0 saturated heterocycles. The predicted octanol–water partition coefficient (Wildman–Crippen LogP) is 5.87. The number of rotatable bonds is 13. The molecule has 1 N–H and O–H groups in total. The summed E-state index contributed by atoms with van der Waals surface area (Å²) in [6.45, 7) is 12.4. The second kappa shape index (κ2) is 10.5. The van der Waals surface area contributed by atoms with E-state index in [9.17, 15) is 5.11 Å². The molecule has 0 fully saturated rings. The van der Waals surface area contributed by atoms with E-state index in [1.807, 2.05) is 24.3 Å². The van der Waals surface area contributed by atoms with E-state index in [2.05, 4.69) is 41.8 Å². The Morgan fingerprint density at radius 3 is 2.46 bits per heavy atom. The van der Waals surface area contributed by atoms with Gasteiger partial charge in [0.2, 0.25) is 0 Å². The van der Waals surface area contributed by atoms with Gasteiger partial charge in [-0.15, -0.1) is 13.2 Å². The van der Waals surface area contributed by atoms with Crippen LogP contribution in [0.2, 0.25) is 0 Å². The van der Waals surface area contributed by atoms with Gasteiger partial charge in [-0.25, -0.2) is 0 Å². The molecule has 0 amide bonds. The Labute approximate surface area is 161 Å². The molecule has 0 aliphatic heterocycles. The van der Waals surface area contributed by atoms with Crippen molar-refractivity contribution in [2.75, 3.05) is 6.54 Å². The predicted molar refractivity (Wildman–Crippen MR) is 110 cm³/mol. The fourth-order valence-electron chi connectivity index (χ4n) is 3.16. The monoisotopic (exact) mass is 373 g/mol. The standard InChI is InChI=1S/C22H31NO2S/c1-4-7-12-22(24,13-8-5-2)21-10-9-20(25-21)17-23(14-6-3)16-19-11-15-26-18-19/h4-5,9-11,15,18,24H,1-2,6-8,12-14,16-17H2,3H3. The summed E-state index contributed by atoms with van der Waals surface area (Å²) in [6.07, 6.45) is 7.52. The van der Waals surface area contributed by atoms with Crippen LogP contribution in [0.5, 0.6) is 0 Å². The maximum Gasteiger partial charge on any atom is 0.135 e. The van der Waals surface area contributed by atoms with E-state index in [-0.39, 0.29) is 0 Å². The molecule has 2 aromatic rings. The van der Waals surface area contributed by atoms with Crippen LogP contribution in [0.4, 0.5) is 0 Å². The molecule has 0 atom stereocenters. The van der Waals surface area contributed by atoms with E-state index in [0.29, 0.717) is 18.6 Å². The third-order valence-electron chi connectivity index (χ3n) is 4.55. The molecule has 0 radical (unpaired) electrons. The molecule has 0 aromatic carbocycles. The summed E-state index contributed by atoms with van der Waals surface area (Å²) < 4.78 is 6.08. The Kier molecular flexibility index (Phi) is 8.36. The summed E-state index contributed by atoms with van der Waals surface area (Å²) in [5.41, 5.74) is 0.382. The maximum atomic E-state index is 11.1. The number of hydrogen-bond acceptors (Lipinski definition) is 4. The second-order valence-corrected chi connectivity index (χ2v) is 7.57. The van der Waals surface area contributed by atoms with Crippen molar-refractivity contribution in [1.29, 1.82) is 0 Å². The van der Waals surface area contributed by atoms with Crippen molar-refractivity contribution in [2.24, 2.45) is 0 Å². The summed E-state index contributed by atoms with van der Waals surface area (Å²) in [5.74, 6) is 1.56. The van der Waals surface area contributed by atoms with Crippen LogP contribution in [0, 0.1) is 0 Å².